The van der Waals surface area contributed by atoms with Gasteiger partial charge in [0, 0.05) is 34.0 Å². The SMILES string of the molecule is Br.Cc1cccc(CN2C=CN(C(Cl)C(OCc3ccc(Cl)cc3Cl)c3ccc(Cl)cc3)C2)c1. The Morgan fingerprint density at radius 1 is 0.912 bits per heavy atom. The molecule has 1 aliphatic rings. The zero-order valence-electron chi connectivity index (χ0n) is 18.5. The van der Waals surface area contributed by atoms with Crippen LogP contribution in [0.5, 0.6) is 0 Å². The maximum atomic E-state index is 6.99. The molecule has 1 heterocycles. The highest BCUT2D eigenvalue weighted by Crippen LogP contribution is 2.33. The summed E-state index contributed by atoms with van der Waals surface area (Å²) in [7, 11) is 0. The lowest BCUT2D eigenvalue weighted by molar-refractivity contribution is 0.00658. The first-order chi connectivity index (χ1) is 15.9. The van der Waals surface area contributed by atoms with Gasteiger partial charge in [0.2, 0.25) is 0 Å². The topological polar surface area (TPSA) is 15.7 Å². The standard InChI is InChI=1S/C26H24Cl4N2O.BrH/c1-18-3-2-4-19(13-18)15-31-11-12-32(17-31)26(30)25(20-5-8-22(27)9-6-20)33-16-21-7-10-23(28)14-24(21)29;/h2-14,25-26H,15-17H2,1H3;1H. The van der Waals surface area contributed by atoms with E-state index in [4.69, 9.17) is 51.1 Å². The Morgan fingerprint density at radius 3 is 2.35 bits per heavy atom. The summed E-state index contributed by atoms with van der Waals surface area (Å²) in [5.74, 6) is 0. The molecule has 0 radical (unpaired) electrons. The van der Waals surface area contributed by atoms with Crippen molar-refractivity contribution in [3.8, 4) is 0 Å². The van der Waals surface area contributed by atoms with Gasteiger partial charge in [0.15, 0.2) is 0 Å². The number of nitrogens with zero attached hydrogens (tertiary/aromatic N) is 2. The molecular weight excluding hydrogens is 578 g/mol. The van der Waals surface area contributed by atoms with Crippen LogP contribution in [0.2, 0.25) is 15.1 Å². The number of aryl methyl sites for hydroxylation is 1. The molecule has 0 amide bonds. The molecule has 0 aromatic heterocycles. The number of ether oxygens (including phenoxy) is 1. The molecule has 0 fully saturated rings. The summed E-state index contributed by atoms with van der Waals surface area (Å²) < 4.78 is 6.32. The van der Waals surface area contributed by atoms with E-state index in [0.717, 1.165) is 17.7 Å². The second-order valence-electron chi connectivity index (χ2n) is 8.08. The average molecular weight is 603 g/mol. The van der Waals surface area contributed by atoms with Crippen LogP contribution in [-0.2, 0) is 17.9 Å². The van der Waals surface area contributed by atoms with Crippen molar-refractivity contribution in [3.63, 3.8) is 0 Å². The van der Waals surface area contributed by atoms with Crippen LogP contribution in [-0.4, -0.2) is 22.0 Å². The van der Waals surface area contributed by atoms with Gasteiger partial charge >= 0.3 is 0 Å². The van der Waals surface area contributed by atoms with Gasteiger partial charge in [0.25, 0.3) is 0 Å². The van der Waals surface area contributed by atoms with Crippen molar-refractivity contribution in [3.05, 3.63) is 116 Å². The lowest BCUT2D eigenvalue weighted by atomic mass is 10.1. The zero-order chi connectivity index (χ0) is 23.4. The number of alkyl halides is 1. The molecule has 180 valence electrons. The van der Waals surface area contributed by atoms with E-state index in [-0.39, 0.29) is 17.0 Å². The van der Waals surface area contributed by atoms with E-state index >= 15 is 0 Å². The zero-order valence-corrected chi connectivity index (χ0v) is 23.2. The van der Waals surface area contributed by atoms with Crippen LogP contribution >= 0.6 is 63.4 Å². The van der Waals surface area contributed by atoms with E-state index in [1.165, 1.54) is 11.1 Å². The minimum Gasteiger partial charge on any atom is -0.365 e. The molecule has 0 aliphatic carbocycles. The highest BCUT2D eigenvalue weighted by molar-refractivity contribution is 8.93. The maximum absolute atomic E-state index is 6.99. The minimum atomic E-state index is -0.434. The molecule has 0 bridgehead atoms. The van der Waals surface area contributed by atoms with Gasteiger partial charge < -0.3 is 14.5 Å². The number of hydrogen-bond acceptors (Lipinski definition) is 3. The highest BCUT2D eigenvalue weighted by Gasteiger charge is 2.29. The summed E-state index contributed by atoms with van der Waals surface area (Å²) in [6.07, 6.45) is 3.67. The van der Waals surface area contributed by atoms with Crippen LogP contribution in [0.3, 0.4) is 0 Å². The Morgan fingerprint density at radius 2 is 1.65 bits per heavy atom. The van der Waals surface area contributed by atoms with Crippen LogP contribution in [0.25, 0.3) is 0 Å². The first-order valence-corrected chi connectivity index (χ1v) is 12.1. The number of halogens is 5. The molecule has 4 rings (SSSR count). The molecule has 0 spiro atoms. The summed E-state index contributed by atoms with van der Waals surface area (Å²) in [5.41, 5.74) is 3.86. The molecule has 3 nitrogen and oxygen atoms in total. The fourth-order valence-electron chi connectivity index (χ4n) is 3.77. The van der Waals surface area contributed by atoms with Crippen molar-refractivity contribution in [2.45, 2.75) is 31.7 Å². The monoisotopic (exact) mass is 600 g/mol. The molecule has 2 atom stereocenters. The maximum Gasteiger partial charge on any atom is 0.135 e. The van der Waals surface area contributed by atoms with E-state index in [2.05, 4.69) is 47.2 Å². The van der Waals surface area contributed by atoms with E-state index < -0.39 is 11.6 Å². The molecule has 3 aromatic rings. The quantitative estimate of drug-likeness (QED) is 0.190. The normalized spacial score (nSPS) is 14.7. The number of benzene rings is 3. The molecule has 2 unspecified atom stereocenters. The number of hydrogen-bond donors (Lipinski definition) is 0. The Hall–Kier alpha value is -1.40. The third kappa shape index (κ3) is 7.07. The Labute approximate surface area is 231 Å². The molecule has 3 aromatic carbocycles. The van der Waals surface area contributed by atoms with Crippen LogP contribution in [0.4, 0.5) is 0 Å². The van der Waals surface area contributed by atoms with Gasteiger partial charge in [-0.3, -0.25) is 0 Å². The molecule has 8 heteroatoms. The predicted molar refractivity (Wildman–Crippen MR) is 148 cm³/mol. The minimum absolute atomic E-state index is 0. The Balaban J connectivity index is 0.00000324. The van der Waals surface area contributed by atoms with E-state index in [0.29, 0.717) is 28.3 Å². The van der Waals surface area contributed by atoms with Gasteiger partial charge in [-0.15, -0.1) is 17.0 Å². The van der Waals surface area contributed by atoms with Crippen molar-refractivity contribution in [2.75, 3.05) is 6.67 Å². The molecule has 0 saturated carbocycles. The van der Waals surface area contributed by atoms with Crippen molar-refractivity contribution in [1.82, 2.24) is 9.80 Å². The van der Waals surface area contributed by atoms with Gasteiger partial charge in [0.05, 0.1) is 13.3 Å². The van der Waals surface area contributed by atoms with Crippen molar-refractivity contribution >= 4 is 63.4 Å². The van der Waals surface area contributed by atoms with Crippen molar-refractivity contribution < 1.29 is 4.74 Å². The van der Waals surface area contributed by atoms with Crippen molar-refractivity contribution in [2.24, 2.45) is 0 Å². The van der Waals surface area contributed by atoms with Gasteiger partial charge in [0.1, 0.15) is 11.6 Å². The van der Waals surface area contributed by atoms with Crippen LogP contribution in [0.1, 0.15) is 28.4 Å². The first kappa shape index (κ1) is 27.2. The lowest BCUT2D eigenvalue weighted by Crippen LogP contribution is -2.35. The van der Waals surface area contributed by atoms with Crippen LogP contribution in [0, 0.1) is 6.92 Å². The molecule has 1 aliphatic heterocycles. The van der Waals surface area contributed by atoms with Gasteiger partial charge in [-0.25, -0.2) is 0 Å². The summed E-state index contributed by atoms with van der Waals surface area (Å²) in [6.45, 7) is 3.88. The fourth-order valence-corrected chi connectivity index (χ4v) is 4.71. The second-order valence-corrected chi connectivity index (χ2v) is 9.81. The molecule has 0 saturated heterocycles. The van der Waals surface area contributed by atoms with Crippen LogP contribution in [0.15, 0.2) is 79.1 Å². The van der Waals surface area contributed by atoms with Crippen LogP contribution < -0.4 is 0 Å². The third-order valence-electron chi connectivity index (χ3n) is 5.48. The van der Waals surface area contributed by atoms with E-state index in [1.54, 1.807) is 12.1 Å². The van der Waals surface area contributed by atoms with Gasteiger partial charge in [-0.1, -0.05) is 94.4 Å². The molecule has 0 N–H and O–H groups in total. The summed E-state index contributed by atoms with van der Waals surface area (Å²) in [6, 6.07) is 21.5. The highest BCUT2D eigenvalue weighted by atomic mass is 79.9. The summed E-state index contributed by atoms with van der Waals surface area (Å²) in [5, 5.41) is 1.81. The number of rotatable bonds is 8. The van der Waals surface area contributed by atoms with E-state index in [9.17, 15) is 0 Å². The predicted octanol–water partition coefficient (Wildman–Crippen LogP) is 8.60. The third-order valence-corrected chi connectivity index (χ3v) is 6.80. The summed E-state index contributed by atoms with van der Waals surface area (Å²) in [4.78, 5) is 4.29. The Bertz CT molecular complexity index is 1130. The van der Waals surface area contributed by atoms with E-state index in [1.807, 2.05) is 36.5 Å². The lowest BCUT2D eigenvalue weighted by Gasteiger charge is -2.31. The average Bonchev–Trinajstić information content (AvgIpc) is 3.24. The largest absolute Gasteiger partial charge is 0.365 e. The van der Waals surface area contributed by atoms with Gasteiger partial charge in [-0.05, 0) is 47.9 Å². The van der Waals surface area contributed by atoms with Crippen molar-refractivity contribution in [1.29, 1.82) is 0 Å². The molecular formula is C26H25BrCl4N2O. The fraction of sp³-hybridized carbons (Fsp3) is 0.231. The Kier molecular flexibility index (Phi) is 10.0. The summed E-state index contributed by atoms with van der Waals surface area (Å²) >= 11 is 25.5. The smallest absolute Gasteiger partial charge is 0.135 e. The second kappa shape index (κ2) is 12.5. The first-order valence-electron chi connectivity index (χ1n) is 10.6. The molecule has 34 heavy (non-hydrogen) atoms. The van der Waals surface area contributed by atoms with Gasteiger partial charge in [-0.2, -0.15) is 0 Å².